The third-order valence-electron chi connectivity index (χ3n) is 4.84. The van der Waals surface area contributed by atoms with Crippen molar-refractivity contribution in [3.63, 3.8) is 0 Å². The van der Waals surface area contributed by atoms with E-state index < -0.39 is 0 Å². The Labute approximate surface area is 185 Å². The molecule has 0 bridgehead atoms. The molecular weight excluding hydrogens is 414 g/mol. The number of carbonyl (C=O) groups excluding carboxylic acids is 1. The summed E-state index contributed by atoms with van der Waals surface area (Å²) in [6, 6.07) is 22.3. The van der Waals surface area contributed by atoms with Gasteiger partial charge in [-0.1, -0.05) is 78.6 Å². The van der Waals surface area contributed by atoms with E-state index in [-0.39, 0.29) is 5.91 Å². The molecule has 0 unspecified atom stereocenters. The van der Waals surface area contributed by atoms with Crippen LogP contribution in [0.25, 0.3) is 16.8 Å². The molecular formula is C24H21NO3S2. The fraction of sp³-hybridized carbons (Fsp3) is 0.167. The quantitative estimate of drug-likeness (QED) is 0.374. The largest absolute Gasteiger partial charge is 0.489 e. The first-order chi connectivity index (χ1) is 14.7. The molecule has 0 saturated carbocycles. The second-order valence-electron chi connectivity index (χ2n) is 6.82. The summed E-state index contributed by atoms with van der Waals surface area (Å²) in [5, 5.41) is 2.41. The van der Waals surface area contributed by atoms with Gasteiger partial charge in [-0.2, -0.15) is 0 Å². The number of ether oxygens (including phenoxy) is 2. The van der Waals surface area contributed by atoms with Gasteiger partial charge < -0.3 is 9.47 Å². The smallest absolute Gasteiger partial charge is 0.266 e. The Morgan fingerprint density at radius 3 is 2.60 bits per heavy atom. The van der Waals surface area contributed by atoms with Crippen LogP contribution in [0.2, 0.25) is 0 Å². The van der Waals surface area contributed by atoms with Crippen LogP contribution in [0.5, 0.6) is 5.75 Å². The van der Waals surface area contributed by atoms with Gasteiger partial charge in [-0.15, -0.1) is 0 Å². The number of fused-ring (bicyclic) bond motifs is 1. The van der Waals surface area contributed by atoms with E-state index in [0.717, 1.165) is 16.9 Å². The predicted molar refractivity (Wildman–Crippen MR) is 126 cm³/mol. The molecule has 0 aliphatic carbocycles. The first-order valence-electron chi connectivity index (χ1n) is 9.59. The molecule has 0 N–H and O–H groups in total. The molecule has 1 amide bonds. The maximum atomic E-state index is 12.5. The van der Waals surface area contributed by atoms with Crippen molar-refractivity contribution in [2.24, 2.45) is 0 Å². The molecule has 152 valence electrons. The van der Waals surface area contributed by atoms with E-state index in [4.69, 9.17) is 21.7 Å². The molecule has 0 atom stereocenters. The highest BCUT2D eigenvalue weighted by molar-refractivity contribution is 8.26. The summed E-state index contributed by atoms with van der Waals surface area (Å²) in [5.74, 6) is 0.714. The lowest BCUT2D eigenvalue weighted by atomic mass is 10.1. The number of amides is 1. The minimum Gasteiger partial charge on any atom is -0.489 e. The van der Waals surface area contributed by atoms with E-state index in [1.807, 2.05) is 48.5 Å². The summed E-state index contributed by atoms with van der Waals surface area (Å²) in [5.41, 5.74) is 2.08. The predicted octanol–water partition coefficient (Wildman–Crippen LogP) is 5.27. The average molecular weight is 436 g/mol. The Hall–Kier alpha value is -2.67. The normalized spacial score (nSPS) is 15.4. The summed E-state index contributed by atoms with van der Waals surface area (Å²) in [4.78, 5) is 14.7. The zero-order valence-corrected chi connectivity index (χ0v) is 18.2. The molecule has 4 rings (SSSR count). The molecule has 1 saturated heterocycles. The van der Waals surface area contributed by atoms with Gasteiger partial charge in [0, 0.05) is 7.11 Å². The molecule has 0 aromatic heterocycles. The second kappa shape index (κ2) is 9.43. The number of nitrogens with zero attached hydrogens (tertiary/aromatic N) is 1. The molecule has 1 heterocycles. The van der Waals surface area contributed by atoms with E-state index >= 15 is 0 Å². The van der Waals surface area contributed by atoms with Gasteiger partial charge in [0.1, 0.15) is 16.7 Å². The fourth-order valence-corrected chi connectivity index (χ4v) is 4.58. The van der Waals surface area contributed by atoms with Crippen LogP contribution in [-0.2, 0) is 16.1 Å². The summed E-state index contributed by atoms with van der Waals surface area (Å²) >= 11 is 6.63. The first-order valence-corrected chi connectivity index (χ1v) is 10.8. The number of thioether (sulfide) groups is 1. The molecule has 1 aliphatic rings. The van der Waals surface area contributed by atoms with Crippen molar-refractivity contribution in [3.05, 3.63) is 82.8 Å². The number of hydrogen-bond donors (Lipinski definition) is 0. The standard InChI is InChI=1S/C24H21NO3S2/c1-27-14-13-25-23(26)22(30-24(25)29)15-17-9-11-20(12-10-17)28-16-19-7-4-6-18-5-2-3-8-21(18)19/h2-12,15H,13-14,16H2,1H3/b22-15-. The van der Waals surface area contributed by atoms with E-state index in [0.29, 0.717) is 29.0 Å². The third-order valence-corrected chi connectivity index (χ3v) is 6.22. The molecule has 3 aromatic carbocycles. The van der Waals surface area contributed by atoms with Crippen LogP contribution in [0.3, 0.4) is 0 Å². The first kappa shape index (κ1) is 20.6. The molecule has 0 radical (unpaired) electrons. The third kappa shape index (κ3) is 4.56. The molecule has 0 spiro atoms. The fourth-order valence-electron chi connectivity index (χ4n) is 3.27. The van der Waals surface area contributed by atoms with Gasteiger partial charge in [0.15, 0.2) is 0 Å². The number of benzene rings is 3. The van der Waals surface area contributed by atoms with Gasteiger partial charge in [0.25, 0.3) is 5.91 Å². The highest BCUT2D eigenvalue weighted by Gasteiger charge is 2.31. The Balaban J connectivity index is 1.42. The van der Waals surface area contributed by atoms with Crippen LogP contribution in [-0.4, -0.2) is 35.4 Å². The van der Waals surface area contributed by atoms with Crippen molar-refractivity contribution in [1.82, 2.24) is 4.90 Å². The van der Waals surface area contributed by atoms with Crippen LogP contribution in [0.15, 0.2) is 71.6 Å². The molecule has 30 heavy (non-hydrogen) atoms. The van der Waals surface area contributed by atoms with Crippen LogP contribution in [0.4, 0.5) is 0 Å². The van der Waals surface area contributed by atoms with Gasteiger partial charge in [0.2, 0.25) is 0 Å². The summed E-state index contributed by atoms with van der Waals surface area (Å²) in [6.45, 7) is 1.43. The van der Waals surface area contributed by atoms with Gasteiger partial charge >= 0.3 is 0 Å². The number of thiocarbonyl (C=S) groups is 1. The molecule has 3 aromatic rings. The number of hydrogen-bond acceptors (Lipinski definition) is 5. The molecule has 4 nitrogen and oxygen atoms in total. The van der Waals surface area contributed by atoms with Crippen LogP contribution >= 0.6 is 24.0 Å². The van der Waals surface area contributed by atoms with Crippen LogP contribution < -0.4 is 4.74 Å². The monoisotopic (exact) mass is 435 g/mol. The SMILES string of the molecule is COCCN1C(=O)/C(=C/c2ccc(OCc3cccc4ccccc34)cc2)SC1=S. The van der Waals surface area contributed by atoms with Crippen molar-refractivity contribution in [2.45, 2.75) is 6.61 Å². The topological polar surface area (TPSA) is 38.8 Å². The van der Waals surface area contributed by atoms with E-state index in [1.54, 1.807) is 12.0 Å². The Morgan fingerprint density at radius 1 is 1.03 bits per heavy atom. The highest BCUT2D eigenvalue weighted by atomic mass is 32.2. The molecule has 1 aliphatic heterocycles. The number of carbonyl (C=O) groups is 1. The van der Waals surface area contributed by atoms with E-state index in [2.05, 4.69) is 24.3 Å². The maximum absolute atomic E-state index is 12.5. The lowest BCUT2D eigenvalue weighted by molar-refractivity contribution is -0.122. The van der Waals surface area contributed by atoms with Crippen molar-refractivity contribution in [2.75, 3.05) is 20.3 Å². The minimum atomic E-state index is -0.0710. The lowest BCUT2D eigenvalue weighted by Gasteiger charge is -2.12. The van der Waals surface area contributed by atoms with Gasteiger partial charge in [-0.3, -0.25) is 9.69 Å². The zero-order chi connectivity index (χ0) is 20.9. The lowest BCUT2D eigenvalue weighted by Crippen LogP contribution is -2.31. The van der Waals surface area contributed by atoms with Gasteiger partial charge in [-0.25, -0.2) is 0 Å². The second-order valence-corrected chi connectivity index (χ2v) is 8.50. The van der Waals surface area contributed by atoms with Crippen molar-refractivity contribution >= 4 is 51.1 Å². The average Bonchev–Trinajstić information content (AvgIpc) is 3.04. The number of rotatable bonds is 7. The molecule has 1 fully saturated rings. The van der Waals surface area contributed by atoms with Crippen molar-refractivity contribution in [3.8, 4) is 5.75 Å². The van der Waals surface area contributed by atoms with Crippen molar-refractivity contribution < 1.29 is 14.3 Å². The summed E-state index contributed by atoms with van der Waals surface area (Å²) in [7, 11) is 1.61. The Bertz CT molecular complexity index is 1100. The Morgan fingerprint density at radius 2 is 1.80 bits per heavy atom. The van der Waals surface area contributed by atoms with Crippen LogP contribution in [0, 0.1) is 0 Å². The van der Waals surface area contributed by atoms with Gasteiger partial charge in [0.05, 0.1) is 18.1 Å². The zero-order valence-electron chi connectivity index (χ0n) is 16.5. The minimum absolute atomic E-state index is 0.0710. The Kier molecular flexibility index (Phi) is 6.47. The molecule has 6 heteroatoms. The number of methoxy groups -OCH3 is 1. The van der Waals surface area contributed by atoms with Crippen molar-refractivity contribution in [1.29, 1.82) is 0 Å². The summed E-state index contributed by atoms with van der Waals surface area (Å²) < 4.78 is 11.6. The maximum Gasteiger partial charge on any atom is 0.266 e. The van der Waals surface area contributed by atoms with Crippen LogP contribution in [0.1, 0.15) is 11.1 Å². The highest BCUT2D eigenvalue weighted by Crippen LogP contribution is 2.32. The van der Waals surface area contributed by atoms with Gasteiger partial charge in [-0.05, 0) is 40.1 Å². The summed E-state index contributed by atoms with van der Waals surface area (Å²) in [6.07, 6.45) is 1.86. The van der Waals surface area contributed by atoms with E-state index in [9.17, 15) is 4.79 Å². The van der Waals surface area contributed by atoms with E-state index in [1.165, 1.54) is 22.5 Å².